The number of hydrogen-bond acceptors (Lipinski definition) is 3. The molecule has 0 amide bonds. The third-order valence-corrected chi connectivity index (χ3v) is 2.66. The van der Waals surface area contributed by atoms with Crippen LogP contribution >= 0.6 is 11.6 Å². The van der Waals surface area contributed by atoms with E-state index in [4.69, 9.17) is 21.9 Å². The van der Waals surface area contributed by atoms with Gasteiger partial charge in [-0.15, -0.1) is 11.6 Å². The molecule has 92 valence electrons. The molecule has 0 spiro atoms. The first kappa shape index (κ1) is 15.0. The lowest BCUT2D eigenvalue weighted by molar-refractivity contribution is -0.131. The van der Waals surface area contributed by atoms with Gasteiger partial charge in [0.1, 0.15) is 0 Å². The predicted octanol–water partition coefficient (Wildman–Crippen LogP) is 3.04. The van der Waals surface area contributed by atoms with Gasteiger partial charge in [-0.25, -0.2) is 4.79 Å². The third kappa shape index (κ3) is 7.29. The monoisotopic (exact) mass is 247 g/mol. The maximum absolute atomic E-state index is 9.51. The second-order valence-corrected chi connectivity index (χ2v) is 4.02. The van der Waals surface area contributed by atoms with Crippen molar-refractivity contribution >= 4 is 23.3 Å². The lowest BCUT2D eigenvalue weighted by atomic mass is 10.2. The number of halogens is 1. The topological polar surface area (TPSA) is 69.9 Å². The maximum atomic E-state index is 9.51. The molecule has 0 aromatic heterocycles. The van der Waals surface area contributed by atoms with Gasteiger partial charge in [0.2, 0.25) is 0 Å². The number of carbonyl (C=O) groups is 1. The van der Waals surface area contributed by atoms with E-state index in [0.717, 1.165) is 37.5 Å². The minimum Gasteiger partial charge on any atom is -0.478 e. The second-order valence-electron chi connectivity index (χ2n) is 3.50. The summed E-state index contributed by atoms with van der Waals surface area (Å²) in [4.78, 5) is 9.51. The first-order valence-corrected chi connectivity index (χ1v) is 5.76. The Morgan fingerprint density at radius 3 is 2.62 bits per heavy atom. The van der Waals surface area contributed by atoms with Crippen molar-refractivity contribution in [3.63, 3.8) is 0 Å². The molecule has 0 radical (unpaired) electrons. The molecule has 0 heterocycles. The number of alkyl halides is 1. The zero-order chi connectivity index (χ0) is 12.4. The minimum absolute atomic E-state index is 0.0208. The molecular formula is C11H18ClNO3. The summed E-state index contributed by atoms with van der Waals surface area (Å²) in [5.41, 5.74) is 0.763. The molecule has 0 aromatic rings. The zero-order valence-electron chi connectivity index (χ0n) is 9.40. The van der Waals surface area contributed by atoms with Crippen LogP contribution in [0.3, 0.4) is 0 Å². The van der Waals surface area contributed by atoms with Crippen LogP contribution in [0, 0.1) is 0 Å². The van der Waals surface area contributed by atoms with Crippen LogP contribution in [-0.4, -0.2) is 27.4 Å². The minimum atomic E-state index is -0.891. The Labute approximate surface area is 101 Å². The van der Waals surface area contributed by atoms with Crippen LogP contribution < -0.4 is 0 Å². The summed E-state index contributed by atoms with van der Waals surface area (Å²) >= 11 is 5.90. The van der Waals surface area contributed by atoms with Crippen molar-refractivity contribution in [3.8, 4) is 0 Å². The fraction of sp³-hybridized carbons (Fsp3) is 0.636. The van der Waals surface area contributed by atoms with Crippen molar-refractivity contribution in [2.24, 2.45) is 5.16 Å². The van der Waals surface area contributed by atoms with E-state index in [1.165, 1.54) is 12.5 Å². The average Bonchev–Trinajstić information content (AvgIpc) is 2.43. The lowest BCUT2D eigenvalue weighted by Gasteiger charge is -2.04. The zero-order valence-corrected chi connectivity index (χ0v) is 10.2. The molecule has 1 unspecified atom stereocenters. The summed E-state index contributed by atoms with van der Waals surface area (Å²) in [5, 5.41) is 19.5. The van der Waals surface area contributed by atoms with Crippen molar-refractivity contribution in [3.05, 3.63) is 12.2 Å². The molecule has 4 nitrogen and oxygen atoms in total. The Hall–Kier alpha value is -1.03. The largest absolute Gasteiger partial charge is 0.478 e. The molecule has 2 N–H and O–H groups in total. The summed E-state index contributed by atoms with van der Waals surface area (Å²) in [6.07, 6.45) is 7.87. The van der Waals surface area contributed by atoms with E-state index in [2.05, 4.69) is 5.16 Å². The molecular weight excluding hydrogens is 230 g/mol. The van der Waals surface area contributed by atoms with E-state index in [9.17, 15) is 4.79 Å². The highest BCUT2D eigenvalue weighted by atomic mass is 35.5. The van der Waals surface area contributed by atoms with Crippen LogP contribution in [-0.2, 0) is 4.79 Å². The fourth-order valence-electron chi connectivity index (χ4n) is 1.38. The molecule has 1 atom stereocenters. The first-order chi connectivity index (χ1) is 7.61. The van der Waals surface area contributed by atoms with Crippen LogP contribution in [0.4, 0.5) is 0 Å². The molecule has 1 saturated carbocycles. The molecule has 1 aliphatic carbocycles. The smallest absolute Gasteiger partial charge is 0.327 e. The van der Waals surface area contributed by atoms with Crippen LogP contribution in [0.25, 0.3) is 0 Å². The molecule has 0 aliphatic heterocycles. The molecule has 1 rings (SSSR count). The Kier molecular flexibility index (Phi) is 8.62. The van der Waals surface area contributed by atoms with Gasteiger partial charge >= 0.3 is 5.97 Å². The average molecular weight is 248 g/mol. The number of aliphatic carboxylic acids is 1. The van der Waals surface area contributed by atoms with Gasteiger partial charge in [0, 0.05) is 6.08 Å². The van der Waals surface area contributed by atoms with Crippen molar-refractivity contribution in [1.82, 2.24) is 0 Å². The van der Waals surface area contributed by atoms with Gasteiger partial charge in [-0.05, 0) is 26.2 Å². The number of carboxylic acids is 1. The molecule has 0 saturated heterocycles. The Bertz CT molecular complexity index is 264. The maximum Gasteiger partial charge on any atom is 0.327 e. The molecule has 1 aliphatic rings. The fourth-order valence-corrected chi connectivity index (χ4v) is 1.69. The van der Waals surface area contributed by atoms with Gasteiger partial charge in [0.15, 0.2) is 0 Å². The van der Waals surface area contributed by atoms with Crippen molar-refractivity contribution in [1.29, 1.82) is 0 Å². The van der Waals surface area contributed by atoms with E-state index < -0.39 is 5.97 Å². The standard InChI is InChI=1S/C7H12ClNO.C4H6O2/c8-6-4-2-1-3-5-7(6)9-10;1-2-3-4(5)6/h6,10H,1-5H2;2-3H,1H3,(H,5,6)/b9-7-;3-2+. The second kappa shape index (κ2) is 9.21. The number of nitrogens with zero attached hydrogens (tertiary/aromatic N) is 1. The van der Waals surface area contributed by atoms with Gasteiger partial charge in [-0.2, -0.15) is 0 Å². The van der Waals surface area contributed by atoms with E-state index in [1.54, 1.807) is 6.92 Å². The SMILES string of the molecule is C/C=C/C(=O)O.O/N=C1/CCCCCC1Cl. The van der Waals surface area contributed by atoms with Gasteiger partial charge in [0.25, 0.3) is 0 Å². The Balaban J connectivity index is 0.000000325. The first-order valence-electron chi connectivity index (χ1n) is 5.32. The third-order valence-electron chi connectivity index (χ3n) is 2.19. The highest BCUT2D eigenvalue weighted by Crippen LogP contribution is 2.19. The predicted molar refractivity (Wildman–Crippen MR) is 64.4 cm³/mol. The van der Waals surface area contributed by atoms with Gasteiger partial charge in [-0.3, -0.25) is 0 Å². The Morgan fingerprint density at radius 1 is 1.50 bits per heavy atom. The Morgan fingerprint density at radius 2 is 2.19 bits per heavy atom. The van der Waals surface area contributed by atoms with Crippen molar-refractivity contribution in [2.45, 2.75) is 44.4 Å². The van der Waals surface area contributed by atoms with Crippen molar-refractivity contribution in [2.75, 3.05) is 0 Å². The van der Waals surface area contributed by atoms with Crippen LogP contribution in [0.1, 0.15) is 39.0 Å². The van der Waals surface area contributed by atoms with E-state index in [-0.39, 0.29) is 5.38 Å². The molecule has 0 bridgehead atoms. The van der Waals surface area contributed by atoms with E-state index >= 15 is 0 Å². The molecule has 0 aromatic carbocycles. The normalized spacial score (nSPS) is 23.6. The number of oxime groups is 1. The highest BCUT2D eigenvalue weighted by Gasteiger charge is 2.16. The lowest BCUT2D eigenvalue weighted by Crippen LogP contribution is -2.11. The molecule has 16 heavy (non-hydrogen) atoms. The number of allylic oxidation sites excluding steroid dienone is 1. The van der Waals surface area contributed by atoms with Gasteiger partial charge < -0.3 is 10.3 Å². The highest BCUT2D eigenvalue weighted by molar-refractivity contribution is 6.32. The van der Waals surface area contributed by atoms with E-state index in [0.29, 0.717) is 0 Å². The van der Waals surface area contributed by atoms with E-state index in [1.807, 2.05) is 0 Å². The van der Waals surface area contributed by atoms with Crippen LogP contribution in [0.15, 0.2) is 17.3 Å². The summed E-state index contributed by atoms with van der Waals surface area (Å²) in [6.45, 7) is 1.66. The van der Waals surface area contributed by atoms with Crippen LogP contribution in [0.2, 0.25) is 0 Å². The number of rotatable bonds is 1. The van der Waals surface area contributed by atoms with Gasteiger partial charge in [0.05, 0.1) is 11.1 Å². The summed E-state index contributed by atoms with van der Waals surface area (Å²) in [6, 6.07) is 0. The molecule has 5 heteroatoms. The quantitative estimate of drug-likeness (QED) is 0.246. The van der Waals surface area contributed by atoms with Crippen LogP contribution in [0.5, 0.6) is 0 Å². The van der Waals surface area contributed by atoms with Crippen molar-refractivity contribution < 1.29 is 15.1 Å². The van der Waals surface area contributed by atoms with Gasteiger partial charge in [-0.1, -0.05) is 24.1 Å². The summed E-state index contributed by atoms with van der Waals surface area (Å²) in [7, 11) is 0. The number of hydrogen-bond donors (Lipinski definition) is 2. The molecule has 1 fully saturated rings. The number of carboxylic acid groups (broad SMARTS) is 1. The summed E-state index contributed by atoms with van der Waals surface area (Å²) < 4.78 is 0. The summed E-state index contributed by atoms with van der Waals surface area (Å²) in [5.74, 6) is -0.891.